The SMILES string of the molecule is CC/C=C\C/C=C\C/C=C\C/C=C\CCCCC(=O)OC[C@H](CO[C@@H]1O[C@H](CO[C@H]2O[C@H](CO)[C@H](O)[C@H](O)[C@H]2O)[C@H](O)[C@H](O)[C@H]1O)OC(=O)CCCC/C=C\C/C=C\C/C=C\C/C=C\CC. The molecule has 0 amide bonds. The van der Waals surface area contributed by atoms with E-state index < -0.39 is 99.3 Å². The van der Waals surface area contributed by atoms with E-state index in [1.807, 2.05) is 0 Å². The molecule has 2 aliphatic heterocycles. The number of allylic oxidation sites excluding steroid dienone is 16. The first-order valence-electron chi connectivity index (χ1n) is 23.8. The summed E-state index contributed by atoms with van der Waals surface area (Å²) in [5, 5.41) is 72.0. The quantitative estimate of drug-likeness (QED) is 0.0229. The molecule has 0 unspecified atom stereocenters. The minimum Gasteiger partial charge on any atom is -0.462 e. The fourth-order valence-corrected chi connectivity index (χ4v) is 6.67. The van der Waals surface area contributed by atoms with Gasteiger partial charge in [0.05, 0.1) is 19.8 Å². The Balaban J connectivity index is 1.88. The van der Waals surface area contributed by atoms with Crippen LogP contribution < -0.4 is 0 Å². The summed E-state index contributed by atoms with van der Waals surface area (Å²) in [4.78, 5) is 25.7. The highest BCUT2D eigenvalue weighted by Gasteiger charge is 2.47. The van der Waals surface area contributed by atoms with Gasteiger partial charge in [0.2, 0.25) is 0 Å². The third-order valence-electron chi connectivity index (χ3n) is 10.6. The van der Waals surface area contributed by atoms with Gasteiger partial charge in [0.1, 0.15) is 55.4 Å². The van der Waals surface area contributed by atoms with Gasteiger partial charge in [-0.05, 0) is 89.9 Å². The number of rotatable bonds is 34. The first kappa shape index (κ1) is 58.5. The molecule has 0 saturated carbocycles. The van der Waals surface area contributed by atoms with E-state index in [0.29, 0.717) is 12.8 Å². The van der Waals surface area contributed by atoms with Crippen LogP contribution in [0.3, 0.4) is 0 Å². The van der Waals surface area contributed by atoms with Crippen molar-refractivity contribution in [1.29, 1.82) is 0 Å². The first-order valence-corrected chi connectivity index (χ1v) is 23.8. The zero-order valence-electron chi connectivity index (χ0n) is 39.1. The van der Waals surface area contributed by atoms with Crippen molar-refractivity contribution in [3.63, 3.8) is 0 Å². The third-order valence-corrected chi connectivity index (χ3v) is 10.6. The van der Waals surface area contributed by atoms with Gasteiger partial charge in [-0.1, -0.05) is 111 Å². The zero-order chi connectivity index (χ0) is 48.2. The molecule has 2 heterocycles. The Morgan fingerprint density at radius 2 is 0.894 bits per heavy atom. The molecule has 374 valence electrons. The molecule has 2 saturated heterocycles. The molecule has 0 aromatic heterocycles. The van der Waals surface area contributed by atoms with E-state index in [9.17, 15) is 45.3 Å². The van der Waals surface area contributed by atoms with Crippen LogP contribution in [0.4, 0.5) is 0 Å². The highest BCUT2D eigenvalue weighted by molar-refractivity contribution is 5.70. The number of hydrogen-bond donors (Lipinski definition) is 7. The smallest absolute Gasteiger partial charge is 0.306 e. The Hall–Kier alpha value is -3.58. The number of ether oxygens (including phenoxy) is 6. The molecule has 0 aliphatic carbocycles. The van der Waals surface area contributed by atoms with Crippen molar-refractivity contribution in [1.82, 2.24) is 0 Å². The molecule has 2 aliphatic rings. The van der Waals surface area contributed by atoms with Crippen molar-refractivity contribution in [2.24, 2.45) is 0 Å². The average molecular weight is 933 g/mol. The van der Waals surface area contributed by atoms with Crippen LogP contribution in [0.1, 0.15) is 117 Å². The van der Waals surface area contributed by atoms with Crippen LogP contribution in [-0.2, 0) is 38.0 Å². The first-order chi connectivity index (χ1) is 32.0. The van der Waals surface area contributed by atoms with E-state index in [0.717, 1.165) is 77.0 Å². The second-order valence-corrected chi connectivity index (χ2v) is 16.2. The largest absolute Gasteiger partial charge is 0.462 e. The minimum absolute atomic E-state index is 0.0973. The molecule has 15 nitrogen and oxygen atoms in total. The molecule has 7 N–H and O–H groups in total. The summed E-state index contributed by atoms with van der Waals surface area (Å²) in [6.45, 7) is 2.23. The fraction of sp³-hybridized carbons (Fsp3) is 0.647. The van der Waals surface area contributed by atoms with Crippen molar-refractivity contribution in [2.75, 3.05) is 26.4 Å². The highest BCUT2D eigenvalue weighted by atomic mass is 16.7. The molecule has 15 heteroatoms. The second-order valence-electron chi connectivity index (χ2n) is 16.2. The molecular weight excluding hydrogens is 853 g/mol. The number of unbranched alkanes of at least 4 members (excludes halogenated alkanes) is 4. The molecule has 11 atom stereocenters. The van der Waals surface area contributed by atoms with Crippen LogP contribution in [0, 0.1) is 0 Å². The van der Waals surface area contributed by atoms with E-state index in [2.05, 4.69) is 111 Å². The van der Waals surface area contributed by atoms with E-state index in [1.54, 1.807) is 0 Å². The van der Waals surface area contributed by atoms with Crippen molar-refractivity contribution >= 4 is 11.9 Å². The summed E-state index contributed by atoms with van der Waals surface area (Å²) in [6, 6.07) is 0. The molecule has 0 aromatic carbocycles. The number of esters is 2. The van der Waals surface area contributed by atoms with E-state index >= 15 is 0 Å². The Morgan fingerprint density at radius 1 is 0.485 bits per heavy atom. The lowest BCUT2D eigenvalue weighted by atomic mass is 9.98. The van der Waals surface area contributed by atoms with Gasteiger partial charge in [0, 0.05) is 12.8 Å². The van der Waals surface area contributed by atoms with Crippen LogP contribution in [0.15, 0.2) is 97.2 Å². The lowest BCUT2D eigenvalue weighted by molar-refractivity contribution is -0.332. The number of carbonyl (C=O) groups excluding carboxylic acids is 2. The van der Waals surface area contributed by atoms with Crippen LogP contribution in [0.5, 0.6) is 0 Å². The van der Waals surface area contributed by atoms with Gasteiger partial charge >= 0.3 is 11.9 Å². The molecule has 66 heavy (non-hydrogen) atoms. The van der Waals surface area contributed by atoms with Crippen molar-refractivity contribution in [2.45, 2.75) is 184 Å². The van der Waals surface area contributed by atoms with Gasteiger partial charge in [-0.15, -0.1) is 0 Å². The number of carbonyl (C=O) groups is 2. The maximum atomic E-state index is 13.0. The standard InChI is InChI=1S/C51H80O15/c1-3-5-7-9-11-13-15-17-19-21-23-25-27-29-31-33-42(53)61-36-39(64-43(54)34-32-30-28-26-24-22-20-18-16-14-12-10-8-6-4-2)37-62-50-49(60)47(58)45(56)41(66-50)38-63-51-48(59)46(57)44(55)40(35-52)65-51/h5-8,11-14,17-20,23-26,39-41,44-52,55-60H,3-4,9-10,15-16,21-22,27-38H2,1-2H3/b7-5-,8-6-,13-11-,14-12-,19-17-,20-18-,25-23-,26-24-/t39-,40-,41-,44+,45+,46+,47+,48-,49-,50-,51+/m1/s1. The van der Waals surface area contributed by atoms with E-state index in [4.69, 9.17) is 28.4 Å². The monoisotopic (exact) mass is 933 g/mol. The minimum atomic E-state index is -1.78. The Kier molecular flexibility index (Phi) is 33.2. The van der Waals surface area contributed by atoms with Crippen LogP contribution in [-0.4, -0.2) is 142 Å². The summed E-state index contributed by atoms with van der Waals surface area (Å²) >= 11 is 0. The lowest BCUT2D eigenvalue weighted by Gasteiger charge is -2.42. The predicted octanol–water partition coefficient (Wildman–Crippen LogP) is 5.81. The fourth-order valence-electron chi connectivity index (χ4n) is 6.67. The van der Waals surface area contributed by atoms with Crippen molar-refractivity contribution < 1.29 is 73.8 Å². The third kappa shape index (κ3) is 25.5. The Bertz CT molecular complexity index is 1520. The van der Waals surface area contributed by atoms with Gasteiger partial charge in [0.15, 0.2) is 18.7 Å². The van der Waals surface area contributed by atoms with Crippen LogP contribution >= 0.6 is 0 Å². The Morgan fingerprint density at radius 3 is 1.36 bits per heavy atom. The second kappa shape index (κ2) is 37.4. The van der Waals surface area contributed by atoms with E-state index in [-0.39, 0.29) is 19.4 Å². The topological polar surface area (TPSA) is 231 Å². The van der Waals surface area contributed by atoms with Crippen LogP contribution in [0.2, 0.25) is 0 Å². The molecule has 0 aromatic rings. The summed E-state index contributed by atoms with van der Waals surface area (Å²) in [7, 11) is 0. The molecular formula is C51H80O15. The Labute approximate surface area is 392 Å². The molecule has 0 radical (unpaired) electrons. The van der Waals surface area contributed by atoms with Gasteiger partial charge in [0.25, 0.3) is 0 Å². The van der Waals surface area contributed by atoms with Gasteiger partial charge in [-0.25, -0.2) is 0 Å². The highest BCUT2D eigenvalue weighted by Crippen LogP contribution is 2.26. The summed E-state index contributed by atoms with van der Waals surface area (Å²) in [6.07, 6.45) is 28.8. The normalized spacial score (nSPS) is 27.0. The van der Waals surface area contributed by atoms with Gasteiger partial charge in [-0.3, -0.25) is 9.59 Å². The summed E-state index contributed by atoms with van der Waals surface area (Å²) in [5.41, 5.74) is 0. The molecule has 2 fully saturated rings. The maximum Gasteiger partial charge on any atom is 0.306 e. The lowest BCUT2D eigenvalue weighted by Crippen LogP contribution is -2.61. The number of aliphatic hydroxyl groups is 7. The van der Waals surface area contributed by atoms with Gasteiger partial charge in [-0.2, -0.15) is 0 Å². The average Bonchev–Trinajstić information content (AvgIpc) is 3.31. The number of hydrogen-bond acceptors (Lipinski definition) is 15. The summed E-state index contributed by atoms with van der Waals surface area (Å²) < 4.78 is 33.4. The van der Waals surface area contributed by atoms with Crippen molar-refractivity contribution in [3.8, 4) is 0 Å². The summed E-state index contributed by atoms with van der Waals surface area (Å²) in [5.74, 6) is -1.04. The maximum absolute atomic E-state index is 13.0. The number of aliphatic hydroxyl groups excluding tert-OH is 7. The van der Waals surface area contributed by atoms with Crippen LogP contribution in [0.25, 0.3) is 0 Å². The molecule has 2 rings (SSSR count). The van der Waals surface area contributed by atoms with Gasteiger partial charge < -0.3 is 64.2 Å². The zero-order valence-corrected chi connectivity index (χ0v) is 39.1. The molecule has 0 spiro atoms. The van der Waals surface area contributed by atoms with E-state index in [1.165, 1.54) is 0 Å². The predicted molar refractivity (Wildman–Crippen MR) is 252 cm³/mol. The van der Waals surface area contributed by atoms with Crippen molar-refractivity contribution in [3.05, 3.63) is 97.2 Å². The molecule has 0 bridgehead atoms.